The van der Waals surface area contributed by atoms with Crippen molar-refractivity contribution in [3.05, 3.63) is 71.8 Å². The molecular formula is C16H14O2S. The van der Waals surface area contributed by atoms with E-state index in [4.69, 9.17) is 12.2 Å². The number of hydrogen-bond donors (Lipinski definition) is 1. The number of carbonyl (C=O) groups excluding carboxylic acids is 1. The molecule has 1 unspecified atom stereocenters. The van der Waals surface area contributed by atoms with Gasteiger partial charge in [0.2, 0.25) is 0 Å². The van der Waals surface area contributed by atoms with Crippen LogP contribution in [0.25, 0.3) is 0 Å². The first kappa shape index (κ1) is 13.4. The Bertz CT molecular complexity index is 564. The Kier molecular flexibility index (Phi) is 4.42. The smallest absolute Gasteiger partial charge is 0.174 e. The normalized spacial score (nSPS) is 11.8. The number of rotatable bonds is 5. The lowest BCUT2D eigenvalue weighted by Gasteiger charge is -2.13. The van der Waals surface area contributed by atoms with E-state index in [1.807, 2.05) is 36.4 Å². The summed E-state index contributed by atoms with van der Waals surface area (Å²) in [5.41, 5.74) is 1.55. The van der Waals surface area contributed by atoms with Gasteiger partial charge in [-0.3, -0.25) is 4.79 Å². The average Bonchev–Trinajstić information content (AvgIpc) is 2.46. The molecule has 2 nitrogen and oxygen atoms in total. The van der Waals surface area contributed by atoms with Gasteiger partial charge in [0.15, 0.2) is 10.8 Å². The van der Waals surface area contributed by atoms with Crippen LogP contribution in [0.3, 0.4) is 0 Å². The molecule has 1 N–H and O–H groups in total. The van der Waals surface area contributed by atoms with E-state index >= 15 is 0 Å². The molecule has 1 atom stereocenters. The van der Waals surface area contributed by atoms with Gasteiger partial charge in [0.1, 0.15) is 0 Å². The van der Waals surface area contributed by atoms with Crippen molar-refractivity contribution in [1.82, 2.24) is 0 Å². The number of aliphatic hydroxyl groups is 1. The number of Topliss-reactive ketones (excluding diaryl/α,β-unsaturated/α-hetero) is 1. The highest BCUT2D eigenvalue weighted by atomic mass is 32.1. The van der Waals surface area contributed by atoms with Crippen molar-refractivity contribution in [3.8, 4) is 0 Å². The summed E-state index contributed by atoms with van der Waals surface area (Å²) in [5.74, 6) is -0.809. The summed E-state index contributed by atoms with van der Waals surface area (Å²) in [7, 11) is 0. The Balaban J connectivity index is 2.22. The Morgan fingerprint density at radius 3 is 2.05 bits per heavy atom. The summed E-state index contributed by atoms with van der Waals surface area (Å²) in [6.45, 7) is 0. The fourth-order valence-corrected chi connectivity index (χ4v) is 2.14. The van der Waals surface area contributed by atoms with Crippen LogP contribution >= 0.6 is 12.2 Å². The van der Waals surface area contributed by atoms with E-state index in [2.05, 4.69) is 0 Å². The van der Waals surface area contributed by atoms with Gasteiger partial charge in [0.25, 0.3) is 0 Å². The zero-order chi connectivity index (χ0) is 13.7. The minimum absolute atomic E-state index is 0.142. The Labute approximate surface area is 117 Å². The van der Waals surface area contributed by atoms with E-state index in [0.717, 1.165) is 5.56 Å². The molecule has 19 heavy (non-hydrogen) atoms. The summed E-state index contributed by atoms with van der Waals surface area (Å²) in [5, 5.41) is 9.36. The molecule has 0 saturated carbocycles. The summed E-state index contributed by atoms with van der Waals surface area (Å²) in [6, 6.07) is 18.5. The molecule has 0 fully saturated rings. The molecule has 2 rings (SSSR count). The van der Waals surface area contributed by atoms with Crippen molar-refractivity contribution >= 4 is 23.1 Å². The number of thiocarbonyl (C=S) groups is 1. The van der Waals surface area contributed by atoms with E-state index in [0.29, 0.717) is 12.0 Å². The van der Waals surface area contributed by atoms with Crippen LogP contribution in [-0.4, -0.2) is 15.9 Å². The van der Waals surface area contributed by atoms with Crippen LogP contribution < -0.4 is 0 Å². The predicted octanol–water partition coefficient (Wildman–Crippen LogP) is 3.61. The van der Waals surface area contributed by atoms with E-state index in [1.54, 1.807) is 24.3 Å². The standard InChI is InChI=1S/C16H14O2S/c17-15(13-9-5-2-6-10-13)14(16(18)19)11-12-7-3-1-4-8-12/h1-10,14H,11H2,(H,18,19). The summed E-state index contributed by atoms with van der Waals surface area (Å²) in [4.78, 5) is 12.3. The van der Waals surface area contributed by atoms with Crippen molar-refractivity contribution in [1.29, 1.82) is 0 Å². The highest BCUT2D eigenvalue weighted by Gasteiger charge is 2.24. The SMILES string of the molecule is O=C(c1ccccc1)C(Cc1ccccc1)C(O)=S. The Hall–Kier alpha value is -2.00. The van der Waals surface area contributed by atoms with Crippen molar-refractivity contribution in [3.63, 3.8) is 0 Å². The van der Waals surface area contributed by atoms with Gasteiger partial charge in [-0.15, -0.1) is 0 Å². The minimum atomic E-state index is -0.667. The van der Waals surface area contributed by atoms with Gasteiger partial charge in [-0.25, -0.2) is 0 Å². The molecule has 0 spiro atoms. The van der Waals surface area contributed by atoms with Crippen molar-refractivity contribution in [2.45, 2.75) is 6.42 Å². The van der Waals surface area contributed by atoms with Crippen LogP contribution in [0.5, 0.6) is 0 Å². The summed E-state index contributed by atoms with van der Waals surface area (Å²) < 4.78 is 0. The molecule has 0 aliphatic rings. The van der Waals surface area contributed by atoms with E-state index < -0.39 is 5.92 Å². The van der Waals surface area contributed by atoms with Gasteiger partial charge >= 0.3 is 0 Å². The number of aliphatic hydroxyl groups excluding tert-OH is 1. The predicted molar refractivity (Wildman–Crippen MR) is 79.6 cm³/mol. The van der Waals surface area contributed by atoms with E-state index in [9.17, 15) is 9.90 Å². The van der Waals surface area contributed by atoms with Gasteiger partial charge in [-0.2, -0.15) is 0 Å². The van der Waals surface area contributed by atoms with Gasteiger partial charge in [-0.05, 0) is 24.2 Å². The van der Waals surface area contributed by atoms with Crippen LogP contribution in [-0.2, 0) is 6.42 Å². The van der Waals surface area contributed by atoms with Crippen molar-refractivity contribution < 1.29 is 9.90 Å². The number of benzene rings is 2. The van der Waals surface area contributed by atoms with Gasteiger partial charge < -0.3 is 5.11 Å². The van der Waals surface area contributed by atoms with Crippen molar-refractivity contribution in [2.75, 3.05) is 0 Å². The molecule has 2 aromatic rings. The molecule has 3 heteroatoms. The third-order valence-corrected chi connectivity index (χ3v) is 3.24. The second-order valence-electron chi connectivity index (χ2n) is 4.31. The third-order valence-electron chi connectivity index (χ3n) is 2.96. The quantitative estimate of drug-likeness (QED) is 0.666. The summed E-state index contributed by atoms with van der Waals surface area (Å²) >= 11 is 4.83. The number of hydrogen-bond acceptors (Lipinski definition) is 2. The molecule has 0 heterocycles. The molecule has 0 aliphatic carbocycles. The largest absolute Gasteiger partial charge is 0.501 e. The van der Waals surface area contributed by atoms with Crippen LogP contribution in [0.4, 0.5) is 0 Å². The second-order valence-corrected chi connectivity index (χ2v) is 4.73. The fourth-order valence-electron chi connectivity index (χ4n) is 1.95. The maximum atomic E-state index is 12.3. The number of ketones is 1. The molecule has 0 aromatic heterocycles. The lowest BCUT2D eigenvalue weighted by atomic mass is 9.92. The average molecular weight is 270 g/mol. The molecule has 0 radical (unpaired) electrons. The van der Waals surface area contributed by atoms with Crippen LogP contribution in [0, 0.1) is 5.92 Å². The molecule has 0 aliphatic heterocycles. The van der Waals surface area contributed by atoms with Crippen LogP contribution in [0.15, 0.2) is 60.7 Å². The minimum Gasteiger partial charge on any atom is -0.501 e. The molecule has 2 aromatic carbocycles. The highest BCUT2D eigenvalue weighted by Crippen LogP contribution is 2.16. The maximum Gasteiger partial charge on any atom is 0.174 e. The van der Waals surface area contributed by atoms with Gasteiger partial charge in [0, 0.05) is 5.56 Å². The molecule has 0 saturated heterocycles. The second kappa shape index (κ2) is 6.25. The lowest BCUT2D eigenvalue weighted by Crippen LogP contribution is -2.24. The van der Waals surface area contributed by atoms with Crippen molar-refractivity contribution in [2.24, 2.45) is 5.92 Å². The molecule has 0 bridgehead atoms. The molecule has 96 valence electrons. The fraction of sp³-hybridized carbons (Fsp3) is 0.125. The van der Waals surface area contributed by atoms with E-state index in [1.165, 1.54) is 0 Å². The summed E-state index contributed by atoms with van der Waals surface area (Å²) in [6.07, 6.45) is 0.421. The first-order valence-electron chi connectivity index (χ1n) is 6.04. The monoisotopic (exact) mass is 270 g/mol. The molecule has 0 amide bonds. The maximum absolute atomic E-state index is 12.3. The van der Waals surface area contributed by atoms with E-state index in [-0.39, 0.29) is 10.8 Å². The van der Waals surface area contributed by atoms with Gasteiger partial charge in [0.05, 0.1) is 5.92 Å². The zero-order valence-corrected chi connectivity index (χ0v) is 11.1. The van der Waals surface area contributed by atoms with Crippen LogP contribution in [0.1, 0.15) is 15.9 Å². The zero-order valence-electron chi connectivity index (χ0n) is 10.3. The van der Waals surface area contributed by atoms with Crippen LogP contribution in [0.2, 0.25) is 0 Å². The Morgan fingerprint density at radius 2 is 1.53 bits per heavy atom. The third kappa shape index (κ3) is 3.48. The molecular weight excluding hydrogens is 256 g/mol. The Morgan fingerprint density at radius 1 is 1.00 bits per heavy atom. The van der Waals surface area contributed by atoms with Gasteiger partial charge in [-0.1, -0.05) is 60.7 Å². The highest BCUT2D eigenvalue weighted by molar-refractivity contribution is 7.80. The first-order chi connectivity index (χ1) is 9.18. The number of carbonyl (C=O) groups is 1. The topological polar surface area (TPSA) is 37.3 Å². The lowest BCUT2D eigenvalue weighted by molar-refractivity contribution is 0.0948. The first-order valence-corrected chi connectivity index (χ1v) is 6.45.